The maximum Gasteiger partial charge on any atom is 0.336 e. The Hall–Kier alpha value is -3.22. The number of halogens is 1. The van der Waals surface area contributed by atoms with E-state index in [-0.39, 0.29) is 23.9 Å². The Labute approximate surface area is 163 Å². The number of nitrogens with zero attached hydrogens (tertiary/aromatic N) is 3. The molecule has 0 radical (unpaired) electrons. The van der Waals surface area contributed by atoms with Crippen LogP contribution >= 0.6 is 0 Å². The van der Waals surface area contributed by atoms with Crippen molar-refractivity contribution in [2.75, 3.05) is 5.32 Å². The number of hydrogen-bond acceptors (Lipinski definition) is 4. The van der Waals surface area contributed by atoms with Crippen molar-refractivity contribution in [1.82, 2.24) is 14.8 Å². The highest BCUT2D eigenvalue weighted by Gasteiger charge is 2.18. The van der Waals surface area contributed by atoms with Crippen LogP contribution in [0.1, 0.15) is 27.7 Å². The van der Waals surface area contributed by atoms with Crippen LogP contribution in [-0.4, -0.2) is 26.8 Å². The largest absolute Gasteiger partial charge is 0.460 e. The molecule has 1 N–H and O–H groups in total. The van der Waals surface area contributed by atoms with E-state index in [2.05, 4.69) is 15.4 Å². The molecular weight excluding hydrogens is 359 g/mol. The van der Waals surface area contributed by atoms with E-state index in [0.717, 1.165) is 0 Å². The Bertz CT molecular complexity index is 982. The smallest absolute Gasteiger partial charge is 0.336 e. The molecule has 0 fully saturated rings. The van der Waals surface area contributed by atoms with Crippen LogP contribution in [0, 0.1) is 11.7 Å². The van der Waals surface area contributed by atoms with Gasteiger partial charge in [-0.2, -0.15) is 4.98 Å². The summed E-state index contributed by atoms with van der Waals surface area (Å²) in [5.41, 5.74) is 1.56. The Kier molecular flexibility index (Phi) is 5.73. The molecule has 146 valence electrons. The summed E-state index contributed by atoms with van der Waals surface area (Å²) < 4.78 is 21.5. The lowest BCUT2D eigenvalue weighted by atomic mass is 10.2. The lowest BCUT2D eigenvalue weighted by Gasteiger charge is -2.11. The average molecular weight is 382 g/mol. The van der Waals surface area contributed by atoms with E-state index in [1.54, 1.807) is 36.4 Å². The zero-order chi connectivity index (χ0) is 20.3. The van der Waals surface area contributed by atoms with Gasteiger partial charge in [-0.3, -0.25) is 4.79 Å². The molecule has 0 aliphatic rings. The third-order valence-corrected chi connectivity index (χ3v) is 3.93. The van der Waals surface area contributed by atoms with Crippen LogP contribution in [0.2, 0.25) is 0 Å². The fraction of sp³-hybridized carbons (Fsp3) is 0.286. The number of rotatable bonds is 6. The molecule has 0 spiro atoms. The van der Waals surface area contributed by atoms with Gasteiger partial charge in [-0.05, 0) is 44.2 Å². The Morgan fingerprint density at radius 3 is 2.54 bits per heavy atom. The molecule has 3 rings (SSSR count). The number of benzene rings is 2. The predicted octanol–water partition coefficient (Wildman–Crippen LogP) is 4.46. The van der Waals surface area contributed by atoms with E-state index in [4.69, 9.17) is 4.74 Å². The second-order valence-corrected chi connectivity index (χ2v) is 6.97. The van der Waals surface area contributed by atoms with Crippen molar-refractivity contribution in [2.45, 2.75) is 33.8 Å². The number of hydrogen-bond donors (Lipinski definition) is 1. The molecule has 6 nitrogen and oxygen atoms in total. The fourth-order valence-electron chi connectivity index (χ4n) is 2.55. The molecule has 0 aliphatic carbocycles. The molecule has 1 heterocycles. The summed E-state index contributed by atoms with van der Waals surface area (Å²) in [6.45, 7) is 7.38. The Morgan fingerprint density at radius 2 is 1.86 bits per heavy atom. The van der Waals surface area contributed by atoms with E-state index in [9.17, 15) is 9.18 Å². The first-order valence-electron chi connectivity index (χ1n) is 9.15. The molecule has 0 bridgehead atoms. The number of aromatic nitrogens is 3. The topological polar surface area (TPSA) is 69.0 Å². The molecule has 0 aliphatic heterocycles. The van der Waals surface area contributed by atoms with Gasteiger partial charge in [0.25, 0.3) is 0 Å². The van der Waals surface area contributed by atoms with Crippen molar-refractivity contribution in [3.8, 4) is 23.1 Å². The fourth-order valence-corrected chi connectivity index (χ4v) is 2.55. The summed E-state index contributed by atoms with van der Waals surface area (Å²) in [6, 6.07) is 13.7. The normalized spacial score (nSPS) is 11.1. The Morgan fingerprint density at radius 1 is 1.11 bits per heavy atom. The molecule has 0 saturated heterocycles. The second kappa shape index (κ2) is 8.21. The summed E-state index contributed by atoms with van der Waals surface area (Å²) in [5.74, 6) is -0.318. The van der Waals surface area contributed by atoms with E-state index < -0.39 is 5.82 Å². The lowest BCUT2D eigenvalue weighted by Crippen LogP contribution is -2.17. The van der Waals surface area contributed by atoms with Gasteiger partial charge in [-0.25, -0.2) is 9.07 Å². The first kappa shape index (κ1) is 19.5. The highest BCUT2D eigenvalue weighted by atomic mass is 19.1. The average Bonchev–Trinajstić information content (AvgIpc) is 3.05. The summed E-state index contributed by atoms with van der Waals surface area (Å²) in [4.78, 5) is 16.4. The summed E-state index contributed by atoms with van der Waals surface area (Å²) >= 11 is 0. The van der Waals surface area contributed by atoms with Gasteiger partial charge in [-0.15, -0.1) is 5.10 Å². The van der Waals surface area contributed by atoms with Gasteiger partial charge >= 0.3 is 6.01 Å². The molecule has 0 unspecified atom stereocenters. The molecule has 7 heteroatoms. The monoisotopic (exact) mass is 382 g/mol. The van der Waals surface area contributed by atoms with Gasteiger partial charge in [0.1, 0.15) is 5.82 Å². The van der Waals surface area contributed by atoms with Gasteiger partial charge < -0.3 is 10.1 Å². The summed E-state index contributed by atoms with van der Waals surface area (Å²) in [6.07, 6.45) is -0.124. The molecule has 2 aromatic carbocycles. The van der Waals surface area contributed by atoms with E-state index in [1.165, 1.54) is 10.7 Å². The highest BCUT2D eigenvalue weighted by molar-refractivity contribution is 5.92. The van der Waals surface area contributed by atoms with Crippen LogP contribution in [-0.2, 0) is 4.79 Å². The van der Waals surface area contributed by atoms with Crippen LogP contribution in [0.15, 0.2) is 48.5 Å². The predicted molar refractivity (Wildman–Crippen MR) is 106 cm³/mol. The van der Waals surface area contributed by atoms with Gasteiger partial charge in [-0.1, -0.05) is 32.0 Å². The minimum absolute atomic E-state index is 0.0890. The van der Waals surface area contributed by atoms with Crippen molar-refractivity contribution in [3.05, 3.63) is 54.3 Å². The summed E-state index contributed by atoms with van der Waals surface area (Å²) in [5, 5.41) is 7.25. The molecule has 0 saturated carbocycles. The van der Waals surface area contributed by atoms with Crippen molar-refractivity contribution in [3.63, 3.8) is 0 Å². The van der Waals surface area contributed by atoms with Crippen molar-refractivity contribution in [1.29, 1.82) is 0 Å². The van der Waals surface area contributed by atoms with E-state index in [0.29, 0.717) is 22.8 Å². The first-order chi connectivity index (χ1) is 13.3. The van der Waals surface area contributed by atoms with Gasteiger partial charge in [0.05, 0.1) is 17.4 Å². The lowest BCUT2D eigenvalue weighted by molar-refractivity contribution is -0.118. The quantitative estimate of drug-likeness (QED) is 0.684. The van der Waals surface area contributed by atoms with Crippen LogP contribution in [0.3, 0.4) is 0 Å². The third kappa shape index (κ3) is 4.36. The number of amides is 1. The minimum atomic E-state index is -0.406. The minimum Gasteiger partial charge on any atom is -0.460 e. The molecule has 0 atom stereocenters. The molecule has 1 aromatic heterocycles. The van der Waals surface area contributed by atoms with Crippen LogP contribution in [0.25, 0.3) is 17.1 Å². The molecule has 3 aromatic rings. The zero-order valence-corrected chi connectivity index (χ0v) is 16.3. The first-order valence-corrected chi connectivity index (χ1v) is 9.15. The number of carbonyl (C=O) groups excluding carboxylic acids is 1. The van der Waals surface area contributed by atoms with Crippen molar-refractivity contribution < 1.29 is 13.9 Å². The van der Waals surface area contributed by atoms with Crippen molar-refractivity contribution >= 4 is 11.6 Å². The molecule has 28 heavy (non-hydrogen) atoms. The summed E-state index contributed by atoms with van der Waals surface area (Å²) in [7, 11) is 0. The number of ether oxygens (including phenoxy) is 1. The third-order valence-electron chi connectivity index (χ3n) is 3.93. The number of carbonyl (C=O) groups is 1. The standard InChI is InChI=1S/C21H23FN4O2/c1-13(2)20(27)23-15-8-7-9-16(12-15)26-19(17-10-5-6-11-18(17)22)24-21(25-26)28-14(3)4/h5-14H,1-4H3,(H,23,27). The SMILES string of the molecule is CC(C)Oc1nc(-c2ccccc2F)n(-c2cccc(NC(=O)C(C)C)c2)n1. The number of nitrogens with one attached hydrogen (secondary N) is 1. The zero-order valence-electron chi connectivity index (χ0n) is 16.3. The second-order valence-electron chi connectivity index (χ2n) is 6.97. The molecule has 1 amide bonds. The molecular formula is C21H23FN4O2. The Balaban J connectivity index is 2.07. The van der Waals surface area contributed by atoms with Crippen LogP contribution < -0.4 is 10.1 Å². The maximum atomic E-state index is 14.4. The van der Waals surface area contributed by atoms with E-state index >= 15 is 0 Å². The highest BCUT2D eigenvalue weighted by Crippen LogP contribution is 2.27. The van der Waals surface area contributed by atoms with E-state index in [1.807, 2.05) is 33.8 Å². The van der Waals surface area contributed by atoms with Gasteiger partial charge in [0, 0.05) is 11.6 Å². The van der Waals surface area contributed by atoms with Crippen LogP contribution in [0.5, 0.6) is 6.01 Å². The van der Waals surface area contributed by atoms with Crippen molar-refractivity contribution in [2.24, 2.45) is 5.92 Å². The van der Waals surface area contributed by atoms with Gasteiger partial charge in [0.2, 0.25) is 5.91 Å². The van der Waals surface area contributed by atoms with Gasteiger partial charge in [0.15, 0.2) is 5.82 Å². The number of anilines is 1. The maximum absolute atomic E-state index is 14.4. The van der Waals surface area contributed by atoms with Crippen LogP contribution in [0.4, 0.5) is 10.1 Å².